The molecular formula is C17H25NO4. The number of amides is 1. The number of carbonyl (C=O) groups excluding carboxylic acids is 2. The van der Waals surface area contributed by atoms with Gasteiger partial charge in [0, 0.05) is 26.3 Å². The molecule has 0 radical (unpaired) electrons. The van der Waals surface area contributed by atoms with Crippen LogP contribution in [0.2, 0.25) is 0 Å². The number of nitrogens with zero attached hydrogens (tertiary/aromatic N) is 1. The lowest BCUT2D eigenvalue weighted by Gasteiger charge is -2.20. The molecule has 0 atom stereocenters. The quantitative estimate of drug-likeness (QED) is 0.757. The van der Waals surface area contributed by atoms with Gasteiger partial charge in [-0.3, -0.25) is 9.59 Å². The summed E-state index contributed by atoms with van der Waals surface area (Å²) < 4.78 is 10.3. The Morgan fingerprint density at radius 2 is 1.91 bits per heavy atom. The van der Waals surface area contributed by atoms with E-state index in [0.717, 1.165) is 5.56 Å². The molecule has 1 aromatic rings. The van der Waals surface area contributed by atoms with Crippen LogP contribution in [0.1, 0.15) is 36.7 Å². The highest BCUT2D eigenvalue weighted by molar-refractivity contribution is 5.94. The summed E-state index contributed by atoms with van der Waals surface area (Å²) in [6.45, 7) is 6.49. The molecule has 0 N–H and O–H groups in total. The molecule has 0 aromatic heterocycles. The van der Waals surface area contributed by atoms with Crippen LogP contribution in [0.5, 0.6) is 0 Å². The van der Waals surface area contributed by atoms with Gasteiger partial charge in [-0.2, -0.15) is 0 Å². The number of hydrogen-bond acceptors (Lipinski definition) is 4. The number of methoxy groups -OCH3 is 1. The minimum absolute atomic E-state index is 0.0944. The van der Waals surface area contributed by atoms with Crippen LogP contribution in [0.3, 0.4) is 0 Å². The number of esters is 1. The van der Waals surface area contributed by atoms with Crippen LogP contribution in [0.25, 0.3) is 0 Å². The zero-order valence-corrected chi connectivity index (χ0v) is 14.0. The minimum atomic E-state index is -0.509. The highest BCUT2D eigenvalue weighted by atomic mass is 16.6. The van der Waals surface area contributed by atoms with Crippen molar-refractivity contribution in [2.45, 2.75) is 32.8 Å². The molecule has 0 saturated heterocycles. The molecule has 0 bridgehead atoms. The van der Waals surface area contributed by atoms with Crippen molar-refractivity contribution in [1.82, 2.24) is 4.90 Å². The predicted octanol–water partition coefficient (Wildman–Crippen LogP) is 2.29. The first-order chi connectivity index (χ1) is 10.2. The highest BCUT2D eigenvalue weighted by Crippen LogP contribution is 2.12. The molecule has 1 amide bonds. The SMILES string of the molecule is COCCN(C)C(=O)c1cccc(CC(=O)OC(C)(C)C)c1. The van der Waals surface area contributed by atoms with E-state index in [-0.39, 0.29) is 18.3 Å². The number of rotatable bonds is 6. The van der Waals surface area contributed by atoms with Crippen LogP contribution in [-0.4, -0.2) is 49.7 Å². The van der Waals surface area contributed by atoms with Crippen LogP contribution >= 0.6 is 0 Å². The van der Waals surface area contributed by atoms with Gasteiger partial charge in [-0.05, 0) is 38.5 Å². The number of hydrogen-bond donors (Lipinski definition) is 0. The van der Waals surface area contributed by atoms with Crippen LogP contribution in [-0.2, 0) is 20.7 Å². The molecule has 5 heteroatoms. The fourth-order valence-electron chi connectivity index (χ4n) is 1.91. The Morgan fingerprint density at radius 3 is 2.50 bits per heavy atom. The van der Waals surface area contributed by atoms with Crippen molar-refractivity contribution in [3.63, 3.8) is 0 Å². The highest BCUT2D eigenvalue weighted by Gasteiger charge is 2.17. The van der Waals surface area contributed by atoms with Crippen molar-refractivity contribution in [2.75, 3.05) is 27.3 Å². The van der Waals surface area contributed by atoms with Crippen molar-refractivity contribution in [1.29, 1.82) is 0 Å². The second kappa shape index (κ2) is 7.94. The Morgan fingerprint density at radius 1 is 1.23 bits per heavy atom. The number of likely N-dealkylation sites (N-methyl/N-ethyl adjacent to an activating group) is 1. The molecule has 0 saturated carbocycles. The second-order valence-corrected chi connectivity index (χ2v) is 6.18. The number of ether oxygens (including phenoxy) is 2. The molecule has 0 aliphatic heterocycles. The maximum atomic E-state index is 12.3. The molecular weight excluding hydrogens is 282 g/mol. The standard InChI is InChI=1S/C17H25NO4/c1-17(2,3)22-15(19)12-13-7-6-8-14(11-13)16(20)18(4)9-10-21-5/h6-8,11H,9-10,12H2,1-5H3. The summed E-state index contributed by atoms with van der Waals surface area (Å²) in [5, 5.41) is 0. The first kappa shape index (κ1) is 18.2. The van der Waals surface area contributed by atoms with Gasteiger partial charge in [0.25, 0.3) is 5.91 Å². The van der Waals surface area contributed by atoms with Crippen molar-refractivity contribution in [2.24, 2.45) is 0 Å². The molecule has 122 valence electrons. The van der Waals surface area contributed by atoms with E-state index in [2.05, 4.69) is 0 Å². The van der Waals surface area contributed by atoms with Gasteiger partial charge in [0.15, 0.2) is 0 Å². The van der Waals surface area contributed by atoms with Crippen molar-refractivity contribution in [3.8, 4) is 0 Å². The lowest BCUT2D eigenvalue weighted by atomic mass is 10.1. The van der Waals surface area contributed by atoms with Crippen LogP contribution in [0.15, 0.2) is 24.3 Å². The van der Waals surface area contributed by atoms with E-state index < -0.39 is 5.60 Å². The van der Waals surface area contributed by atoms with Gasteiger partial charge in [-0.25, -0.2) is 0 Å². The lowest BCUT2D eigenvalue weighted by molar-refractivity contribution is -0.153. The van der Waals surface area contributed by atoms with Gasteiger partial charge in [-0.15, -0.1) is 0 Å². The van der Waals surface area contributed by atoms with Gasteiger partial charge in [0.05, 0.1) is 13.0 Å². The van der Waals surface area contributed by atoms with Crippen LogP contribution in [0, 0.1) is 0 Å². The maximum absolute atomic E-state index is 12.3. The molecule has 0 aliphatic rings. The predicted molar refractivity (Wildman–Crippen MR) is 84.8 cm³/mol. The summed E-state index contributed by atoms with van der Waals surface area (Å²) in [5.74, 6) is -0.395. The Balaban J connectivity index is 2.73. The van der Waals surface area contributed by atoms with Gasteiger partial charge in [0.1, 0.15) is 5.60 Å². The molecule has 0 unspecified atom stereocenters. The Bertz CT molecular complexity index is 520. The third-order valence-corrected chi connectivity index (χ3v) is 2.92. The molecule has 0 spiro atoms. The monoisotopic (exact) mass is 307 g/mol. The van der Waals surface area contributed by atoms with Gasteiger partial charge >= 0.3 is 5.97 Å². The average Bonchev–Trinajstić information content (AvgIpc) is 2.42. The van der Waals surface area contributed by atoms with E-state index in [1.165, 1.54) is 0 Å². The van der Waals surface area contributed by atoms with Crippen molar-refractivity contribution < 1.29 is 19.1 Å². The summed E-state index contributed by atoms with van der Waals surface area (Å²) in [6, 6.07) is 7.06. The lowest BCUT2D eigenvalue weighted by Crippen LogP contribution is -2.30. The summed E-state index contributed by atoms with van der Waals surface area (Å²) in [7, 11) is 3.32. The smallest absolute Gasteiger partial charge is 0.310 e. The molecule has 22 heavy (non-hydrogen) atoms. The van der Waals surface area contributed by atoms with E-state index >= 15 is 0 Å². The molecule has 0 fully saturated rings. The maximum Gasteiger partial charge on any atom is 0.310 e. The van der Waals surface area contributed by atoms with E-state index in [4.69, 9.17) is 9.47 Å². The zero-order chi connectivity index (χ0) is 16.8. The summed E-state index contributed by atoms with van der Waals surface area (Å²) in [6.07, 6.45) is 0.153. The molecule has 0 aliphatic carbocycles. The fourth-order valence-corrected chi connectivity index (χ4v) is 1.91. The first-order valence-electron chi connectivity index (χ1n) is 7.28. The third kappa shape index (κ3) is 6.26. The third-order valence-electron chi connectivity index (χ3n) is 2.92. The molecule has 1 aromatic carbocycles. The average molecular weight is 307 g/mol. The van der Waals surface area contributed by atoms with Gasteiger partial charge in [-0.1, -0.05) is 12.1 Å². The van der Waals surface area contributed by atoms with Gasteiger partial charge < -0.3 is 14.4 Å². The van der Waals surface area contributed by atoms with Crippen LogP contribution < -0.4 is 0 Å². The van der Waals surface area contributed by atoms with E-state index in [9.17, 15) is 9.59 Å². The Labute approximate surface area is 132 Å². The molecule has 5 nitrogen and oxygen atoms in total. The summed E-state index contributed by atoms with van der Waals surface area (Å²) >= 11 is 0. The normalized spacial score (nSPS) is 11.1. The number of benzene rings is 1. The van der Waals surface area contributed by atoms with E-state index in [0.29, 0.717) is 18.7 Å². The fraction of sp³-hybridized carbons (Fsp3) is 0.529. The largest absolute Gasteiger partial charge is 0.460 e. The number of carbonyl (C=O) groups is 2. The zero-order valence-electron chi connectivity index (χ0n) is 14.0. The molecule has 1 rings (SSSR count). The summed E-state index contributed by atoms with van der Waals surface area (Å²) in [5.41, 5.74) is 0.810. The topological polar surface area (TPSA) is 55.8 Å². The van der Waals surface area contributed by atoms with Crippen LogP contribution in [0.4, 0.5) is 0 Å². The van der Waals surface area contributed by atoms with E-state index in [1.54, 1.807) is 37.3 Å². The summed E-state index contributed by atoms with van der Waals surface area (Å²) in [4.78, 5) is 25.7. The van der Waals surface area contributed by atoms with E-state index in [1.807, 2.05) is 26.8 Å². The van der Waals surface area contributed by atoms with Crippen molar-refractivity contribution >= 4 is 11.9 Å². The van der Waals surface area contributed by atoms with Crippen molar-refractivity contribution in [3.05, 3.63) is 35.4 Å². The van der Waals surface area contributed by atoms with Gasteiger partial charge in [0.2, 0.25) is 0 Å². The first-order valence-corrected chi connectivity index (χ1v) is 7.28. The molecule has 0 heterocycles. The Kier molecular flexibility index (Phi) is 6.56. The minimum Gasteiger partial charge on any atom is -0.460 e. The second-order valence-electron chi connectivity index (χ2n) is 6.18. The Hall–Kier alpha value is -1.88.